The van der Waals surface area contributed by atoms with Gasteiger partial charge in [-0.25, -0.2) is 0 Å². The molecule has 4 rings (SSSR count). The average molecular weight is 206 g/mol. The average Bonchev–Trinajstić information content (AvgIpc) is 2.21. The van der Waals surface area contributed by atoms with Crippen LogP contribution in [0.4, 0.5) is 0 Å². The maximum atomic E-state index is 2.62. The van der Waals surface area contributed by atoms with Crippen LogP contribution in [0.3, 0.4) is 0 Å². The molecule has 0 saturated heterocycles. The van der Waals surface area contributed by atoms with Gasteiger partial charge in [0.25, 0.3) is 0 Å². The van der Waals surface area contributed by atoms with Gasteiger partial charge in [0.05, 0.1) is 0 Å². The fourth-order valence-corrected chi connectivity index (χ4v) is 5.68. The van der Waals surface area contributed by atoms with E-state index in [4.69, 9.17) is 0 Å². The van der Waals surface area contributed by atoms with Gasteiger partial charge in [0, 0.05) is 0 Å². The number of hydrogen-bond acceptors (Lipinski definition) is 0. The van der Waals surface area contributed by atoms with Gasteiger partial charge in [0.15, 0.2) is 0 Å². The van der Waals surface area contributed by atoms with E-state index in [0.29, 0.717) is 10.8 Å². The molecule has 0 N–H and O–H groups in total. The molecule has 0 nitrogen and oxygen atoms in total. The van der Waals surface area contributed by atoms with Gasteiger partial charge in [0.1, 0.15) is 0 Å². The van der Waals surface area contributed by atoms with E-state index in [1.54, 1.807) is 6.42 Å². The maximum Gasteiger partial charge on any atom is -0.0238 e. The molecule has 0 amide bonds. The van der Waals surface area contributed by atoms with Crippen molar-refractivity contribution in [3.8, 4) is 0 Å². The monoisotopic (exact) mass is 206 g/mol. The van der Waals surface area contributed by atoms with Gasteiger partial charge < -0.3 is 0 Å². The molecule has 6 atom stereocenters. The molecule has 0 radical (unpaired) electrons. The third kappa shape index (κ3) is 0.996. The zero-order valence-corrected chi connectivity index (χ0v) is 10.8. The van der Waals surface area contributed by atoms with Gasteiger partial charge >= 0.3 is 0 Å². The SMILES string of the molecule is C[C@H]1CC[C@]2(C)[C@@H](C)[C@@H]3CC[C@@]2(C)[C@H]1C3. The van der Waals surface area contributed by atoms with Gasteiger partial charge in [-0.1, -0.05) is 27.7 Å². The topological polar surface area (TPSA) is 0 Å². The predicted molar refractivity (Wildman–Crippen MR) is 64.6 cm³/mol. The fraction of sp³-hybridized carbons (Fsp3) is 1.00. The molecule has 4 aliphatic carbocycles. The van der Waals surface area contributed by atoms with Gasteiger partial charge in [0.2, 0.25) is 0 Å². The minimum absolute atomic E-state index is 0.672. The molecule has 15 heavy (non-hydrogen) atoms. The second kappa shape index (κ2) is 2.81. The number of hydrogen-bond donors (Lipinski definition) is 0. The largest absolute Gasteiger partial charge is 0.0622 e. The highest BCUT2D eigenvalue weighted by Gasteiger charge is 2.63. The molecular formula is C15H26. The van der Waals surface area contributed by atoms with Crippen molar-refractivity contribution >= 4 is 0 Å². The molecule has 0 unspecified atom stereocenters. The predicted octanol–water partition coefficient (Wildman–Crippen LogP) is 4.49. The molecule has 0 aromatic carbocycles. The van der Waals surface area contributed by atoms with Crippen LogP contribution in [0.15, 0.2) is 0 Å². The van der Waals surface area contributed by atoms with Crippen molar-refractivity contribution < 1.29 is 0 Å². The van der Waals surface area contributed by atoms with Crippen molar-refractivity contribution in [1.29, 1.82) is 0 Å². The van der Waals surface area contributed by atoms with Crippen molar-refractivity contribution in [3.63, 3.8) is 0 Å². The first-order valence-corrected chi connectivity index (χ1v) is 6.99. The standard InChI is InChI=1S/C15H26/c1-10-5-7-14(3)11(2)12-6-8-15(14,4)13(10)9-12/h10-13H,5-9H2,1-4H3/t10-,11-,12+,13-,14+,15-/m0/s1. The summed E-state index contributed by atoms with van der Waals surface area (Å²) in [5.74, 6) is 4.09. The molecule has 0 heterocycles. The lowest BCUT2D eigenvalue weighted by atomic mass is 9.36. The van der Waals surface area contributed by atoms with E-state index in [2.05, 4.69) is 27.7 Å². The molecule has 4 aliphatic rings. The van der Waals surface area contributed by atoms with Crippen LogP contribution in [0.25, 0.3) is 0 Å². The molecule has 4 bridgehead atoms. The Balaban J connectivity index is 2.07. The second-order valence-corrected chi connectivity index (χ2v) is 7.28. The highest BCUT2D eigenvalue weighted by atomic mass is 14.7. The highest BCUT2D eigenvalue weighted by molar-refractivity contribution is 5.12. The Morgan fingerprint density at radius 1 is 0.933 bits per heavy atom. The van der Waals surface area contributed by atoms with Crippen molar-refractivity contribution in [2.75, 3.05) is 0 Å². The van der Waals surface area contributed by atoms with Crippen LogP contribution in [-0.4, -0.2) is 0 Å². The maximum absolute atomic E-state index is 2.62. The summed E-state index contributed by atoms with van der Waals surface area (Å²) in [6.07, 6.45) is 7.59. The van der Waals surface area contributed by atoms with E-state index in [9.17, 15) is 0 Å². The molecule has 0 spiro atoms. The van der Waals surface area contributed by atoms with Crippen molar-refractivity contribution in [2.24, 2.45) is 34.5 Å². The first-order valence-electron chi connectivity index (χ1n) is 6.99. The van der Waals surface area contributed by atoms with Gasteiger partial charge in [-0.15, -0.1) is 0 Å². The Labute approximate surface area is 94.8 Å². The zero-order valence-electron chi connectivity index (χ0n) is 10.8. The Kier molecular flexibility index (Phi) is 1.91. The molecule has 86 valence electrons. The summed E-state index contributed by atoms with van der Waals surface area (Å²) in [6.45, 7) is 10.3. The minimum atomic E-state index is 0.672. The van der Waals surface area contributed by atoms with Crippen molar-refractivity contribution in [3.05, 3.63) is 0 Å². The molecule has 4 fully saturated rings. The molecule has 0 aromatic heterocycles. The molecule has 4 saturated carbocycles. The first kappa shape index (κ1) is 10.2. The van der Waals surface area contributed by atoms with Crippen LogP contribution in [-0.2, 0) is 0 Å². The minimum Gasteiger partial charge on any atom is -0.0622 e. The number of rotatable bonds is 0. The quantitative estimate of drug-likeness (QED) is 0.547. The Bertz CT molecular complexity index is 282. The zero-order chi connectivity index (χ0) is 10.8. The van der Waals surface area contributed by atoms with Crippen molar-refractivity contribution in [1.82, 2.24) is 0 Å². The number of fused-ring (bicyclic) bond motifs is 1. The molecule has 0 aliphatic heterocycles. The normalized spacial score (nSPS) is 63.2. The smallest absolute Gasteiger partial charge is 0.0238 e. The Hall–Kier alpha value is 0. The van der Waals surface area contributed by atoms with Crippen molar-refractivity contribution in [2.45, 2.75) is 59.8 Å². The second-order valence-electron chi connectivity index (χ2n) is 7.28. The summed E-state index contributed by atoms with van der Waals surface area (Å²) < 4.78 is 0. The first-order chi connectivity index (χ1) is 6.99. The highest BCUT2D eigenvalue weighted by Crippen LogP contribution is 2.71. The molecule has 0 heteroatoms. The Morgan fingerprint density at radius 2 is 1.60 bits per heavy atom. The molecular weight excluding hydrogens is 180 g/mol. The van der Waals surface area contributed by atoms with Gasteiger partial charge in [-0.2, -0.15) is 0 Å². The third-order valence-electron chi connectivity index (χ3n) is 7.23. The van der Waals surface area contributed by atoms with Gasteiger partial charge in [-0.05, 0) is 66.6 Å². The lowest BCUT2D eigenvalue weighted by molar-refractivity contribution is -0.199. The van der Waals surface area contributed by atoms with E-state index < -0.39 is 0 Å². The Morgan fingerprint density at radius 3 is 2.33 bits per heavy atom. The summed E-state index contributed by atoms with van der Waals surface area (Å²) in [5.41, 5.74) is 1.35. The van der Waals surface area contributed by atoms with Gasteiger partial charge in [-0.3, -0.25) is 0 Å². The van der Waals surface area contributed by atoms with Crippen LogP contribution in [0, 0.1) is 34.5 Å². The summed E-state index contributed by atoms with van der Waals surface area (Å²) in [5, 5.41) is 0. The lowest BCUT2D eigenvalue weighted by Gasteiger charge is -2.69. The van der Waals surface area contributed by atoms with Crippen LogP contribution in [0.5, 0.6) is 0 Å². The molecule has 0 aromatic rings. The van der Waals surface area contributed by atoms with E-state index in [1.807, 2.05) is 0 Å². The van der Waals surface area contributed by atoms with Crippen LogP contribution in [0.1, 0.15) is 59.8 Å². The van der Waals surface area contributed by atoms with E-state index in [1.165, 1.54) is 25.7 Å². The van der Waals surface area contributed by atoms with E-state index in [-0.39, 0.29) is 0 Å². The van der Waals surface area contributed by atoms with Crippen LogP contribution >= 0.6 is 0 Å². The third-order valence-corrected chi connectivity index (χ3v) is 7.23. The lowest BCUT2D eigenvalue weighted by Crippen LogP contribution is -2.61. The van der Waals surface area contributed by atoms with E-state index >= 15 is 0 Å². The fourth-order valence-electron chi connectivity index (χ4n) is 5.68. The summed E-state index contributed by atoms with van der Waals surface area (Å²) >= 11 is 0. The summed E-state index contributed by atoms with van der Waals surface area (Å²) in [4.78, 5) is 0. The van der Waals surface area contributed by atoms with Crippen LogP contribution in [0.2, 0.25) is 0 Å². The summed E-state index contributed by atoms with van der Waals surface area (Å²) in [7, 11) is 0. The van der Waals surface area contributed by atoms with E-state index in [0.717, 1.165) is 23.7 Å². The summed E-state index contributed by atoms with van der Waals surface area (Å²) in [6, 6.07) is 0. The van der Waals surface area contributed by atoms with Crippen LogP contribution < -0.4 is 0 Å².